The van der Waals surface area contributed by atoms with Gasteiger partial charge < -0.3 is 10.0 Å². The maximum atomic E-state index is 10.6. The van der Waals surface area contributed by atoms with Gasteiger partial charge in [0.2, 0.25) is 0 Å². The second-order valence-electron chi connectivity index (χ2n) is 7.71. The zero-order chi connectivity index (χ0) is 18.8. The van der Waals surface area contributed by atoms with Gasteiger partial charge in [0, 0.05) is 13.0 Å². The van der Waals surface area contributed by atoms with Crippen molar-refractivity contribution < 1.29 is 9.90 Å². The van der Waals surface area contributed by atoms with Crippen molar-refractivity contribution >= 4 is 5.97 Å². The highest BCUT2D eigenvalue weighted by Crippen LogP contribution is 2.14. The monoisotopic (exact) mass is 353 g/mol. The molecule has 0 heterocycles. The Kier molecular flexibility index (Phi) is 17.4. The normalized spacial score (nSPS) is 13.0. The average molecular weight is 354 g/mol. The fraction of sp³-hybridized carbons (Fsp3) is 0.864. The molecule has 0 rings (SSSR count). The molecule has 0 aliphatic heterocycles. The predicted octanol–water partition coefficient (Wildman–Crippen LogP) is 6.29. The summed E-state index contributed by atoms with van der Waals surface area (Å²) in [4.78, 5) is 12.8. The van der Waals surface area contributed by atoms with Crippen LogP contribution in [0.15, 0.2) is 12.2 Å². The first kappa shape index (κ1) is 24.2. The Morgan fingerprint density at radius 2 is 1.48 bits per heavy atom. The maximum absolute atomic E-state index is 10.6. The summed E-state index contributed by atoms with van der Waals surface area (Å²) in [5.41, 5.74) is 0. The molecule has 0 aromatic rings. The van der Waals surface area contributed by atoms with Gasteiger partial charge in [-0.15, -0.1) is 0 Å². The second kappa shape index (κ2) is 18.0. The number of carboxylic acids is 1. The molecule has 1 unspecified atom stereocenters. The molecule has 0 spiro atoms. The summed E-state index contributed by atoms with van der Waals surface area (Å²) in [5, 5.41) is 8.77. The minimum atomic E-state index is -0.682. The van der Waals surface area contributed by atoms with E-state index in [-0.39, 0.29) is 6.42 Å². The minimum Gasteiger partial charge on any atom is -0.481 e. The van der Waals surface area contributed by atoms with Crippen molar-refractivity contribution in [3.63, 3.8) is 0 Å². The molecule has 3 nitrogen and oxygen atoms in total. The Morgan fingerprint density at radius 1 is 0.920 bits per heavy atom. The van der Waals surface area contributed by atoms with E-state index in [4.69, 9.17) is 5.11 Å². The van der Waals surface area contributed by atoms with E-state index in [2.05, 4.69) is 38.1 Å². The summed E-state index contributed by atoms with van der Waals surface area (Å²) < 4.78 is 0. The lowest BCUT2D eigenvalue weighted by Crippen LogP contribution is -2.20. The van der Waals surface area contributed by atoms with Crippen LogP contribution in [-0.4, -0.2) is 36.6 Å². The van der Waals surface area contributed by atoms with Crippen molar-refractivity contribution in [2.24, 2.45) is 5.92 Å². The molecule has 25 heavy (non-hydrogen) atoms. The first-order valence-corrected chi connectivity index (χ1v) is 10.6. The van der Waals surface area contributed by atoms with Gasteiger partial charge in [0.1, 0.15) is 0 Å². The van der Waals surface area contributed by atoms with Gasteiger partial charge in [-0.2, -0.15) is 0 Å². The molecule has 3 heteroatoms. The first-order valence-electron chi connectivity index (χ1n) is 10.6. The van der Waals surface area contributed by atoms with Gasteiger partial charge in [-0.3, -0.25) is 4.79 Å². The highest BCUT2D eigenvalue weighted by atomic mass is 16.4. The van der Waals surface area contributed by atoms with Crippen LogP contribution in [0.1, 0.15) is 96.8 Å². The minimum absolute atomic E-state index is 0.288. The van der Waals surface area contributed by atoms with Gasteiger partial charge >= 0.3 is 5.97 Å². The van der Waals surface area contributed by atoms with Crippen molar-refractivity contribution in [2.45, 2.75) is 96.8 Å². The number of nitrogens with zero attached hydrogens (tertiary/aromatic N) is 1. The number of unbranched alkanes of at least 4 members (excludes halogenated alkanes) is 10. The highest BCUT2D eigenvalue weighted by molar-refractivity contribution is 5.66. The van der Waals surface area contributed by atoms with Crippen LogP contribution in [0.2, 0.25) is 0 Å². The molecule has 0 radical (unpaired) electrons. The lowest BCUT2D eigenvalue weighted by Gasteiger charge is -2.17. The highest BCUT2D eigenvalue weighted by Gasteiger charge is 2.07. The van der Waals surface area contributed by atoms with E-state index in [9.17, 15) is 4.79 Å². The van der Waals surface area contributed by atoms with Crippen LogP contribution >= 0.6 is 0 Å². The summed E-state index contributed by atoms with van der Waals surface area (Å²) in [6, 6.07) is 0. The average Bonchev–Trinajstić information content (AvgIpc) is 2.54. The molecule has 0 saturated heterocycles. The second-order valence-corrected chi connectivity index (χ2v) is 7.71. The van der Waals surface area contributed by atoms with Gasteiger partial charge in [0.05, 0.1) is 0 Å². The van der Waals surface area contributed by atoms with Gasteiger partial charge in [0.25, 0.3) is 0 Å². The van der Waals surface area contributed by atoms with Crippen molar-refractivity contribution in [3.8, 4) is 0 Å². The number of aliphatic carboxylic acids is 1. The third kappa shape index (κ3) is 19.3. The number of hydrogen-bond acceptors (Lipinski definition) is 2. The van der Waals surface area contributed by atoms with Gasteiger partial charge in [-0.05, 0) is 45.7 Å². The fourth-order valence-corrected chi connectivity index (χ4v) is 3.27. The number of hydrogen-bond donors (Lipinski definition) is 1. The van der Waals surface area contributed by atoms with Crippen molar-refractivity contribution in [1.82, 2.24) is 4.90 Å². The zero-order valence-corrected chi connectivity index (χ0v) is 17.1. The summed E-state index contributed by atoms with van der Waals surface area (Å²) in [7, 11) is 4.17. The van der Waals surface area contributed by atoms with Gasteiger partial charge in [-0.25, -0.2) is 0 Å². The van der Waals surface area contributed by atoms with E-state index < -0.39 is 5.97 Å². The molecule has 0 aliphatic carbocycles. The van der Waals surface area contributed by atoms with Gasteiger partial charge in [-0.1, -0.05) is 76.9 Å². The molecular weight excluding hydrogens is 310 g/mol. The fourth-order valence-electron chi connectivity index (χ4n) is 3.27. The standard InChI is InChI=1S/C22H43NO2/c1-4-5-6-7-8-9-10-11-12-13-14-15-17-21(20-23(2)3)18-16-19-22(24)25/h15,17,21H,4-14,16,18-20H2,1-3H3,(H,24,25)/b17-15-. The Bertz CT molecular complexity index is 326. The van der Waals surface area contributed by atoms with Crippen LogP contribution < -0.4 is 0 Å². The summed E-state index contributed by atoms with van der Waals surface area (Å²) >= 11 is 0. The first-order chi connectivity index (χ1) is 12.1. The molecule has 1 N–H and O–H groups in total. The maximum Gasteiger partial charge on any atom is 0.303 e. The molecule has 0 fully saturated rings. The number of rotatable bonds is 18. The van der Waals surface area contributed by atoms with Crippen molar-refractivity contribution in [2.75, 3.05) is 20.6 Å². The summed E-state index contributed by atoms with van der Waals surface area (Å²) in [6.45, 7) is 3.28. The van der Waals surface area contributed by atoms with Crippen LogP contribution in [0.3, 0.4) is 0 Å². The van der Waals surface area contributed by atoms with Crippen LogP contribution in [0.5, 0.6) is 0 Å². The molecular formula is C22H43NO2. The Balaban J connectivity index is 3.64. The lowest BCUT2D eigenvalue weighted by atomic mass is 10.00. The molecule has 0 aliphatic rings. The Morgan fingerprint density at radius 3 is 2.00 bits per heavy atom. The molecule has 0 bridgehead atoms. The van der Waals surface area contributed by atoms with Crippen LogP contribution in [0, 0.1) is 5.92 Å². The lowest BCUT2D eigenvalue weighted by molar-refractivity contribution is -0.137. The van der Waals surface area contributed by atoms with Crippen LogP contribution in [-0.2, 0) is 4.79 Å². The quantitative estimate of drug-likeness (QED) is 0.233. The van der Waals surface area contributed by atoms with Crippen molar-refractivity contribution in [3.05, 3.63) is 12.2 Å². The molecule has 0 aromatic carbocycles. The Hall–Kier alpha value is -0.830. The smallest absolute Gasteiger partial charge is 0.303 e. The summed E-state index contributed by atoms with van der Waals surface area (Å²) in [5.74, 6) is -0.199. The van der Waals surface area contributed by atoms with Crippen LogP contribution in [0.4, 0.5) is 0 Å². The van der Waals surface area contributed by atoms with Crippen LogP contribution in [0.25, 0.3) is 0 Å². The molecule has 0 aromatic heterocycles. The van der Waals surface area contributed by atoms with E-state index in [1.54, 1.807) is 0 Å². The summed E-state index contributed by atoms with van der Waals surface area (Å²) in [6.07, 6.45) is 21.6. The van der Waals surface area contributed by atoms with E-state index in [0.717, 1.165) is 19.4 Å². The zero-order valence-electron chi connectivity index (χ0n) is 17.1. The van der Waals surface area contributed by atoms with E-state index >= 15 is 0 Å². The molecule has 148 valence electrons. The van der Waals surface area contributed by atoms with Gasteiger partial charge in [0.15, 0.2) is 0 Å². The third-order valence-corrected chi connectivity index (χ3v) is 4.70. The topological polar surface area (TPSA) is 40.5 Å². The molecule has 0 saturated carbocycles. The van der Waals surface area contributed by atoms with E-state index in [1.165, 1.54) is 70.6 Å². The van der Waals surface area contributed by atoms with Crippen molar-refractivity contribution in [1.29, 1.82) is 0 Å². The van der Waals surface area contributed by atoms with E-state index in [0.29, 0.717) is 5.92 Å². The SMILES string of the molecule is CCCCCCCCCCCC/C=C\C(CCCC(=O)O)CN(C)C. The largest absolute Gasteiger partial charge is 0.481 e. The molecule has 1 atom stereocenters. The molecule has 0 amide bonds. The number of carboxylic acid groups (broad SMARTS) is 1. The predicted molar refractivity (Wildman–Crippen MR) is 109 cm³/mol. The Labute approximate surface area is 156 Å². The van der Waals surface area contributed by atoms with E-state index in [1.807, 2.05) is 0 Å². The third-order valence-electron chi connectivity index (χ3n) is 4.70. The number of carbonyl (C=O) groups is 1. The number of allylic oxidation sites excluding steroid dienone is 1.